The Morgan fingerprint density at radius 3 is 2.81 bits per heavy atom. The number of aliphatic imine (C=N–C) groups is 2. The Morgan fingerprint density at radius 1 is 1.19 bits per heavy atom. The summed E-state index contributed by atoms with van der Waals surface area (Å²) in [5.41, 5.74) is 3.31. The standard InChI is InChI=1S/C23H23N7O/c24-30-13-12-26-15-19(30)21(18-4-3-10-25-14-18)29-22(30)16-6-8-17(9-7-16)23(31)28-20-5-1-2-11-27-20/h1-2,5-9,11-13,15,18,25H,3-4,10,14,24H2/p+1. The van der Waals surface area contributed by atoms with E-state index in [2.05, 4.69) is 20.6 Å². The summed E-state index contributed by atoms with van der Waals surface area (Å²) in [6.45, 7) is 1.92. The van der Waals surface area contributed by atoms with Gasteiger partial charge >= 0.3 is 0 Å². The van der Waals surface area contributed by atoms with Gasteiger partial charge in [-0.1, -0.05) is 6.07 Å². The highest BCUT2D eigenvalue weighted by molar-refractivity contribution is 6.05. The molecule has 31 heavy (non-hydrogen) atoms. The van der Waals surface area contributed by atoms with Gasteiger partial charge in [-0.3, -0.25) is 9.79 Å². The van der Waals surface area contributed by atoms with E-state index in [-0.39, 0.29) is 10.5 Å². The number of quaternary nitrogens is 1. The molecule has 2 unspecified atom stereocenters. The largest absolute Gasteiger partial charge is 0.316 e. The number of anilines is 1. The predicted molar refractivity (Wildman–Crippen MR) is 120 cm³/mol. The van der Waals surface area contributed by atoms with Crippen LogP contribution < -0.4 is 16.5 Å². The van der Waals surface area contributed by atoms with Crippen LogP contribution in [-0.2, 0) is 0 Å². The van der Waals surface area contributed by atoms with Crippen LogP contribution in [0.3, 0.4) is 0 Å². The number of piperidine rings is 1. The molecule has 1 amide bonds. The molecule has 1 aromatic carbocycles. The highest BCUT2D eigenvalue weighted by Crippen LogP contribution is 2.36. The Labute approximate surface area is 180 Å². The van der Waals surface area contributed by atoms with Gasteiger partial charge < -0.3 is 10.6 Å². The lowest BCUT2D eigenvalue weighted by Gasteiger charge is -2.27. The minimum atomic E-state index is -0.215. The van der Waals surface area contributed by atoms with E-state index in [9.17, 15) is 4.79 Å². The molecule has 5 rings (SSSR count). The lowest BCUT2D eigenvalue weighted by molar-refractivity contribution is -0.750. The van der Waals surface area contributed by atoms with Crippen LogP contribution >= 0.6 is 0 Å². The number of benzene rings is 1. The minimum absolute atomic E-state index is 0.00515. The normalized spacial score (nSPS) is 24.7. The summed E-state index contributed by atoms with van der Waals surface area (Å²) in [6, 6.07) is 12.7. The van der Waals surface area contributed by atoms with Crippen molar-refractivity contribution in [3.63, 3.8) is 0 Å². The van der Waals surface area contributed by atoms with Gasteiger partial charge in [0.2, 0.25) is 5.70 Å². The Kier molecular flexibility index (Phi) is 5.03. The predicted octanol–water partition coefficient (Wildman–Crippen LogP) is 2.55. The number of nitrogens with zero attached hydrogens (tertiary/aromatic N) is 4. The maximum absolute atomic E-state index is 12.5. The quantitative estimate of drug-likeness (QED) is 0.528. The molecule has 0 aliphatic carbocycles. The molecule has 4 N–H and O–H groups in total. The van der Waals surface area contributed by atoms with E-state index in [1.165, 1.54) is 0 Å². The summed E-state index contributed by atoms with van der Waals surface area (Å²) in [4.78, 5) is 26.0. The summed E-state index contributed by atoms with van der Waals surface area (Å²) < 4.78 is -0.00515. The van der Waals surface area contributed by atoms with Crippen molar-refractivity contribution in [2.24, 2.45) is 21.7 Å². The van der Waals surface area contributed by atoms with Crippen LogP contribution in [0.15, 0.2) is 82.4 Å². The van der Waals surface area contributed by atoms with Crippen molar-refractivity contribution < 1.29 is 9.39 Å². The van der Waals surface area contributed by atoms with E-state index in [1.807, 2.05) is 30.6 Å². The van der Waals surface area contributed by atoms with Gasteiger partial charge in [0.1, 0.15) is 17.7 Å². The minimum Gasteiger partial charge on any atom is -0.316 e. The van der Waals surface area contributed by atoms with E-state index in [1.54, 1.807) is 36.7 Å². The lowest BCUT2D eigenvalue weighted by atomic mass is 9.95. The third-order valence-electron chi connectivity index (χ3n) is 5.82. The number of hydrogen-bond donors (Lipinski definition) is 3. The van der Waals surface area contributed by atoms with Crippen LogP contribution in [0.5, 0.6) is 0 Å². The zero-order chi connectivity index (χ0) is 21.3. The molecule has 3 aliphatic heterocycles. The molecule has 0 radical (unpaired) electrons. The number of aromatic nitrogens is 1. The molecule has 2 aromatic rings. The van der Waals surface area contributed by atoms with Crippen LogP contribution in [0.25, 0.3) is 0 Å². The molecule has 4 heterocycles. The number of carbonyl (C=O) groups excluding carboxylic acids is 1. The van der Waals surface area contributed by atoms with Gasteiger partial charge in [0, 0.05) is 24.2 Å². The zero-order valence-electron chi connectivity index (χ0n) is 17.0. The molecule has 8 heteroatoms. The molecule has 156 valence electrons. The number of fused-ring (bicyclic) bond motifs is 1. The second-order valence-corrected chi connectivity index (χ2v) is 7.85. The molecule has 0 bridgehead atoms. The average molecular weight is 414 g/mol. The van der Waals surface area contributed by atoms with Gasteiger partial charge in [-0.2, -0.15) is 10.8 Å². The van der Waals surface area contributed by atoms with Crippen molar-refractivity contribution in [3.05, 3.63) is 83.6 Å². The van der Waals surface area contributed by atoms with Gasteiger partial charge in [0.15, 0.2) is 0 Å². The molecule has 1 saturated heterocycles. The molecule has 3 aliphatic rings. The van der Waals surface area contributed by atoms with Gasteiger partial charge in [0.25, 0.3) is 11.7 Å². The van der Waals surface area contributed by atoms with Gasteiger partial charge in [-0.25, -0.2) is 4.98 Å². The lowest BCUT2D eigenvalue weighted by Crippen LogP contribution is -2.53. The number of rotatable bonds is 4. The van der Waals surface area contributed by atoms with Crippen LogP contribution in [0.4, 0.5) is 5.82 Å². The number of carbonyl (C=O) groups is 1. The van der Waals surface area contributed by atoms with Crippen molar-refractivity contribution in [1.82, 2.24) is 10.3 Å². The van der Waals surface area contributed by atoms with Crippen LogP contribution in [-0.4, -0.2) is 40.6 Å². The number of amides is 1. The van der Waals surface area contributed by atoms with Gasteiger partial charge in [0.05, 0.1) is 18.0 Å². The fourth-order valence-electron chi connectivity index (χ4n) is 4.19. The second kappa shape index (κ2) is 7.99. The summed E-state index contributed by atoms with van der Waals surface area (Å²) in [5, 5.41) is 6.25. The van der Waals surface area contributed by atoms with Crippen molar-refractivity contribution in [2.75, 3.05) is 18.4 Å². The first-order chi connectivity index (χ1) is 15.1. The third-order valence-corrected chi connectivity index (χ3v) is 5.82. The van der Waals surface area contributed by atoms with Crippen LogP contribution in [0.2, 0.25) is 0 Å². The van der Waals surface area contributed by atoms with Crippen LogP contribution in [0, 0.1) is 5.92 Å². The monoisotopic (exact) mass is 414 g/mol. The average Bonchev–Trinajstić information content (AvgIpc) is 3.13. The molecular formula is C23H24N7O+. The first-order valence-electron chi connectivity index (χ1n) is 10.4. The molecule has 0 spiro atoms. The van der Waals surface area contributed by atoms with Crippen LogP contribution in [0.1, 0.15) is 28.8 Å². The van der Waals surface area contributed by atoms with E-state index in [0.29, 0.717) is 17.3 Å². The fraction of sp³-hybridized carbons (Fsp3) is 0.217. The molecule has 1 aromatic heterocycles. The molecule has 8 nitrogen and oxygen atoms in total. The number of nitrogens with one attached hydrogen (secondary N) is 2. The Balaban J connectivity index is 1.42. The summed E-state index contributed by atoms with van der Waals surface area (Å²) in [6.07, 6.45) is 9.20. The Bertz CT molecular complexity index is 1110. The summed E-state index contributed by atoms with van der Waals surface area (Å²) in [7, 11) is 0. The number of nitrogens with two attached hydrogens (primary N) is 1. The van der Waals surface area contributed by atoms with E-state index >= 15 is 0 Å². The first-order valence-corrected chi connectivity index (χ1v) is 10.4. The SMILES string of the molecule is N[N+]12C=CN=CC1=C(C1CCCNC1)N=C2c1ccc(C(=O)Nc2ccccn2)cc1. The van der Waals surface area contributed by atoms with Gasteiger partial charge in [-0.05, 0) is 55.8 Å². The topological polar surface area (TPSA) is 105 Å². The maximum Gasteiger partial charge on any atom is 0.264 e. The number of allylic oxidation sites excluding steroid dienone is 1. The molecule has 1 fully saturated rings. The molecular weight excluding hydrogens is 390 g/mol. The maximum atomic E-state index is 12.5. The van der Waals surface area contributed by atoms with E-state index < -0.39 is 0 Å². The smallest absolute Gasteiger partial charge is 0.264 e. The number of pyridine rings is 1. The van der Waals surface area contributed by atoms with Crippen molar-refractivity contribution in [2.45, 2.75) is 12.8 Å². The molecule has 0 saturated carbocycles. The van der Waals surface area contributed by atoms with Crippen molar-refractivity contribution in [3.8, 4) is 0 Å². The second-order valence-electron chi connectivity index (χ2n) is 7.85. The van der Waals surface area contributed by atoms with Crippen molar-refractivity contribution in [1.29, 1.82) is 0 Å². The summed E-state index contributed by atoms with van der Waals surface area (Å²) >= 11 is 0. The number of amidine groups is 1. The van der Waals surface area contributed by atoms with E-state index in [4.69, 9.17) is 10.8 Å². The highest BCUT2D eigenvalue weighted by Gasteiger charge is 2.45. The molecule has 2 atom stereocenters. The summed E-state index contributed by atoms with van der Waals surface area (Å²) in [5.74, 6) is 8.14. The number of hydrogen-bond acceptors (Lipinski definition) is 6. The fourth-order valence-corrected chi connectivity index (χ4v) is 4.19. The van der Waals surface area contributed by atoms with E-state index in [0.717, 1.165) is 48.7 Å². The zero-order valence-corrected chi connectivity index (χ0v) is 17.0. The Hall–Kier alpha value is -3.46. The third kappa shape index (κ3) is 3.61. The van der Waals surface area contributed by atoms with Gasteiger partial charge in [-0.15, -0.1) is 4.59 Å². The highest BCUT2D eigenvalue weighted by atomic mass is 16.1. The van der Waals surface area contributed by atoms with Crippen molar-refractivity contribution >= 4 is 23.8 Å². The first kappa shape index (κ1) is 19.5. The Morgan fingerprint density at radius 2 is 2.06 bits per heavy atom.